The third kappa shape index (κ3) is 1.90. The van der Waals surface area contributed by atoms with Crippen LogP contribution in [-0.2, 0) is 0 Å². The quantitative estimate of drug-likeness (QED) is 0.549. The predicted octanol–water partition coefficient (Wildman–Crippen LogP) is 1.74. The van der Waals surface area contributed by atoms with Crippen LogP contribution in [0.3, 0.4) is 0 Å². The van der Waals surface area contributed by atoms with E-state index in [0.717, 1.165) is 13.1 Å². The van der Waals surface area contributed by atoms with Gasteiger partial charge in [-0.05, 0) is 19.5 Å². The van der Waals surface area contributed by atoms with Gasteiger partial charge in [0.1, 0.15) is 0 Å². The Morgan fingerprint density at radius 2 is 2.20 bits per heavy atom. The zero-order chi connectivity index (χ0) is 7.61. The average molecular weight is 149 g/mol. The lowest BCUT2D eigenvalue weighted by Gasteiger charge is -2.31. The summed E-state index contributed by atoms with van der Waals surface area (Å²) in [6.07, 6.45) is 0.713. The molecule has 1 nitrogen and oxygen atoms in total. The number of hydrogen-bond donors (Lipinski definition) is 0. The monoisotopic (exact) mass is 149 g/mol. The van der Waals surface area contributed by atoms with Gasteiger partial charge < -0.3 is 0 Å². The fraction of sp³-hybridized carbons (Fsp3) is 1.00. The summed E-state index contributed by atoms with van der Waals surface area (Å²) in [5, 5.41) is 0. The van der Waals surface area contributed by atoms with Crippen molar-refractivity contribution in [1.29, 1.82) is 0 Å². The second kappa shape index (κ2) is 2.82. The molecule has 0 aliphatic carbocycles. The van der Waals surface area contributed by atoms with Gasteiger partial charge in [0.2, 0.25) is 0 Å². The lowest BCUT2D eigenvalue weighted by Crippen LogP contribution is -2.42. The molecule has 0 aromatic rings. The number of rotatable bonds is 1. The van der Waals surface area contributed by atoms with Gasteiger partial charge in [0.05, 0.1) is 6.54 Å². The van der Waals surface area contributed by atoms with Crippen molar-refractivity contribution in [3.63, 3.8) is 0 Å². The van der Waals surface area contributed by atoms with Crippen molar-refractivity contribution in [2.24, 2.45) is 0 Å². The van der Waals surface area contributed by atoms with Crippen LogP contribution < -0.4 is 0 Å². The standard InChI is InChI=1S/C7H13F2N/c1-2-10-5-3-4-7(8,9)6-10/h2-6H2,1H3. The van der Waals surface area contributed by atoms with Crippen LogP contribution in [0.1, 0.15) is 19.8 Å². The maximum atomic E-state index is 12.6. The molecule has 0 unspecified atom stereocenters. The minimum Gasteiger partial charge on any atom is -0.298 e. The smallest absolute Gasteiger partial charge is 0.260 e. The average Bonchev–Trinajstić information content (AvgIpc) is 1.86. The van der Waals surface area contributed by atoms with E-state index >= 15 is 0 Å². The van der Waals surface area contributed by atoms with E-state index in [1.165, 1.54) is 0 Å². The van der Waals surface area contributed by atoms with Crippen molar-refractivity contribution in [1.82, 2.24) is 4.90 Å². The molecule has 0 bridgehead atoms. The summed E-state index contributed by atoms with van der Waals surface area (Å²) in [5.74, 6) is -2.42. The number of piperidine rings is 1. The summed E-state index contributed by atoms with van der Waals surface area (Å²) < 4.78 is 25.2. The van der Waals surface area contributed by atoms with Crippen molar-refractivity contribution < 1.29 is 8.78 Å². The topological polar surface area (TPSA) is 3.24 Å². The molecule has 0 atom stereocenters. The van der Waals surface area contributed by atoms with Crippen molar-refractivity contribution >= 4 is 0 Å². The van der Waals surface area contributed by atoms with Crippen LogP contribution in [0, 0.1) is 0 Å². The predicted molar refractivity (Wildman–Crippen MR) is 36.3 cm³/mol. The van der Waals surface area contributed by atoms with E-state index in [-0.39, 0.29) is 13.0 Å². The summed E-state index contributed by atoms with van der Waals surface area (Å²) in [7, 11) is 0. The van der Waals surface area contributed by atoms with E-state index < -0.39 is 5.92 Å². The second-order valence-corrected chi connectivity index (χ2v) is 2.83. The number of likely N-dealkylation sites (tertiary alicyclic amines) is 1. The molecule has 10 heavy (non-hydrogen) atoms. The lowest BCUT2D eigenvalue weighted by atomic mass is 10.1. The highest BCUT2D eigenvalue weighted by atomic mass is 19.3. The summed E-state index contributed by atoms with van der Waals surface area (Å²) in [6.45, 7) is 3.46. The molecule has 1 rings (SSSR count). The molecule has 0 aromatic heterocycles. The molecule has 0 saturated carbocycles. The molecule has 1 fully saturated rings. The molecular weight excluding hydrogens is 136 g/mol. The first kappa shape index (κ1) is 7.92. The van der Waals surface area contributed by atoms with Crippen LogP contribution in [0.2, 0.25) is 0 Å². The van der Waals surface area contributed by atoms with Crippen LogP contribution in [0.25, 0.3) is 0 Å². The SMILES string of the molecule is CCN1CCCC(F)(F)C1. The van der Waals surface area contributed by atoms with Gasteiger partial charge in [-0.3, -0.25) is 4.90 Å². The Morgan fingerprint density at radius 3 is 2.60 bits per heavy atom. The van der Waals surface area contributed by atoms with Crippen LogP contribution in [0.4, 0.5) is 8.78 Å². The number of alkyl halides is 2. The maximum Gasteiger partial charge on any atom is 0.260 e. The minimum absolute atomic E-state index is 0.0382. The van der Waals surface area contributed by atoms with Gasteiger partial charge in [0.25, 0.3) is 5.92 Å². The van der Waals surface area contributed by atoms with Gasteiger partial charge in [-0.15, -0.1) is 0 Å². The van der Waals surface area contributed by atoms with Crippen LogP contribution >= 0.6 is 0 Å². The van der Waals surface area contributed by atoms with Gasteiger partial charge in [-0.1, -0.05) is 6.92 Å². The fourth-order valence-corrected chi connectivity index (χ4v) is 1.32. The number of nitrogens with zero attached hydrogens (tertiary/aromatic N) is 1. The van der Waals surface area contributed by atoms with Crippen molar-refractivity contribution in [2.75, 3.05) is 19.6 Å². The summed E-state index contributed by atoms with van der Waals surface area (Å²) >= 11 is 0. The Labute approximate surface area is 60.0 Å². The van der Waals surface area contributed by atoms with Gasteiger partial charge in [0, 0.05) is 6.42 Å². The van der Waals surface area contributed by atoms with E-state index in [1.807, 2.05) is 6.92 Å². The molecule has 0 radical (unpaired) electrons. The van der Waals surface area contributed by atoms with E-state index in [1.54, 1.807) is 4.90 Å². The molecule has 0 aromatic carbocycles. The molecule has 0 N–H and O–H groups in total. The van der Waals surface area contributed by atoms with Crippen LogP contribution in [-0.4, -0.2) is 30.5 Å². The molecule has 1 aliphatic rings. The van der Waals surface area contributed by atoms with E-state index in [4.69, 9.17) is 0 Å². The highest BCUT2D eigenvalue weighted by Crippen LogP contribution is 2.25. The summed E-state index contributed by atoms with van der Waals surface area (Å²) in [4.78, 5) is 1.80. The maximum absolute atomic E-state index is 12.6. The molecule has 1 aliphatic heterocycles. The zero-order valence-corrected chi connectivity index (χ0v) is 6.24. The molecular formula is C7H13F2N. The van der Waals surface area contributed by atoms with E-state index in [9.17, 15) is 8.78 Å². The second-order valence-electron chi connectivity index (χ2n) is 2.83. The molecule has 1 heterocycles. The summed E-state index contributed by atoms with van der Waals surface area (Å²) in [5.41, 5.74) is 0. The highest BCUT2D eigenvalue weighted by Gasteiger charge is 2.34. The Balaban J connectivity index is 2.40. The van der Waals surface area contributed by atoms with Crippen molar-refractivity contribution in [3.8, 4) is 0 Å². The van der Waals surface area contributed by atoms with E-state index in [2.05, 4.69) is 0 Å². The van der Waals surface area contributed by atoms with Gasteiger partial charge in [-0.25, -0.2) is 8.78 Å². The first-order valence-corrected chi connectivity index (χ1v) is 3.74. The third-order valence-electron chi connectivity index (χ3n) is 1.92. The Hall–Kier alpha value is -0.180. The fourth-order valence-electron chi connectivity index (χ4n) is 1.32. The normalized spacial score (nSPS) is 26.7. The van der Waals surface area contributed by atoms with Crippen molar-refractivity contribution in [2.45, 2.75) is 25.7 Å². The minimum atomic E-state index is -2.42. The van der Waals surface area contributed by atoms with Crippen molar-refractivity contribution in [3.05, 3.63) is 0 Å². The van der Waals surface area contributed by atoms with Gasteiger partial charge >= 0.3 is 0 Å². The summed E-state index contributed by atoms with van der Waals surface area (Å²) in [6, 6.07) is 0. The molecule has 0 spiro atoms. The molecule has 3 heteroatoms. The highest BCUT2D eigenvalue weighted by molar-refractivity contribution is 4.77. The van der Waals surface area contributed by atoms with Gasteiger partial charge in [-0.2, -0.15) is 0 Å². The molecule has 60 valence electrons. The molecule has 0 amide bonds. The Kier molecular flexibility index (Phi) is 2.24. The van der Waals surface area contributed by atoms with Crippen LogP contribution in [0.15, 0.2) is 0 Å². The molecule has 1 saturated heterocycles. The third-order valence-corrected chi connectivity index (χ3v) is 1.92. The largest absolute Gasteiger partial charge is 0.298 e. The number of hydrogen-bond acceptors (Lipinski definition) is 1. The zero-order valence-electron chi connectivity index (χ0n) is 6.24. The van der Waals surface area contributed by atoms with Gasteiger partial charge in [0.15, 0.2) is 0 Å². The first-order chi connectivity index (χ1) is 4.64. The first-order valence-electron chi connectivity index (χ1n) is 3.74. The van der Waals surface area contributed by atoms with Crippen LogP contribution in [0.5, 0.6) is 0 Å². The Morgan fingerprint density at radius 1 is 1.50 bits per heavy atom. The van der Waals surface area contributed by atoms with E-state index in [0.29, 0.717) is 6.42 Å². The lowest BCUT2D eigenvalue weighted by molar-refractivity contribution is -0.0625. The Bertz CT molecular complexity index is 114. The number of halogens is 2.